The van der Waals surface area contributed by atoms with E-state index in [2.05, 4.69) is 43.1 Å². The molecule has 100 valence electrons. The summed E-state index contributed by atoms with van der Waals surface area (Å²) in [5.41, 5.74) is 2.58. The van der Waals surface area contributed by atoms with Crippen molar-refractivity contribution in [2.75, 3.05) is 23.4 Å². The second kappa shape index (κ2) is 6.33. The first-order chi connectivity index (χ1) is 8.76. The first-order valence-electron chi connectivity index (χ1n) is 6.48. The summed E-state index contributed by atoms with van der Waals surface area (Å²) in [6.45, 7) is 4.38. The first-order valence-corrected chi connectivity index (χ1v) is 7.27. The highest BCUT2D eigenvalue weighted by Crippen LogP contribution is 2.32. The summed E-state index contributed by atoms with van der Waals surface area (Å²) in [5, 5.41) is 0. The SMILES string of the molecule is CCCC1CCN(c2ncnc(NN)c2Br)CC1. The van der Waals surface area contributed by atoms with Crippen LogP contribution in [0.1, 0.15) is 32.6 Å². The molecule has 0 bridgehead atoms. The molecule has 1 saturated heterocycles. The normalized spacial score (nSPS) is 16.9. The second-order valence-corrected chi connectivity index (χ2v) is 5.52. The Labute approximate surface area is 116 Å². The Morgan fingerprint density at radius 2 is 2.17 bits per heavy atom. The van der Waals surface area contributed by atoms with E-state index in [0.29, 0.717) is 5.82 Å². The molecular formula is C12H20BrN5. The summed E-state index contributed by atoms with van der Waals surface area (Å²) in [7, 11) is 0. The lowest BCUT2D eigenvalue weighted by atomic mass is 9.92. The highest BCUT2D eigenvalue weighted by atomic mass is 79.9. The van der Waals surface area contributed by atoms with Gasteiger partial charge in [0.25, 0.3) is 0 Å². The summed E-state index contributed by atoms with van der Waals surface area (Å²) in [4.78, 5) is 10.7. The van der Waals surface area contributed by atoms with Crippen molar-refractivity contribution in [1.29, 1.82) is 0 Å². The molecule has 0 spiro atoms. The van der Waals surface area contributed by atoms with Crippen molar-refractivity contribution in [3.05, 3.63) is 10.8 Å². The minimum atomic E-state index is 0.635. The number of nitrogens with zero attached hydrogens (tertiary/aromatic N) is 3. The van der Waals surface area contributed by atoms with Gasteiger partial charge in [-0.05, 0) is 34.7 Å². The number of piperidine rings is 1. The fourth-order valence-corrected chi connectivity index (χ4v) is 3.09. The standard InChI is InChI=1S/C12H20BrN5/c1-2-3-9-4-6-18(7-5-9)12-10(13)11(17-14)15-8-16-12/h8-9H,2-7,14H2,1H3,(H,15,16,17). The minimum absolute atomic E-state index is 0.635. The zero-order valence-corrected chi connectivity index (χ0v) is 12.3. The monoisotopic (exact) mass is 313 g/mol. The summed E-state index contributed by atoms with van der Waals surface area (Å²) in [6, 6.07) is 0. The van der Waals surface area contributed by atoms with Crippen molar-refractivity contribution < 1.29 is 0 Å². The van der Waals surface area contributed by atoms with Crippen molar-refractivity contribution >= 4 is 27.6 Å². The lowest BCUT2D eigenvalue weighted by Crippen LogP contribution is -2.34. The zero-order valence-electron chi connectivity index (χ0n) is 10.7. The second-order valence-electron chi connectivity index (χ2n) is 4.72. The van der Waals surface area contributed by atoms with E-state index in [4.69, 9.17) is 5.84 Å². The van der Waals surface area contributed by atoms with Gasteiger partial charge in [-0.15, -0.1) is 0 Å². The highest BCUT2D eigenvalue weighted by Gasteiger charge is 2.22. The van der Waals surface area contributed by atoms with E-state index in [1.165, 1.54) is 25.7 Å². The average Bonchev–Trinajstić information content (AvgIpc) is 2.41. The van der Waals surface area contributed by atoms with Crippen molar-refractivity contribution in [3.63, 3.8) is 0 Å². The van der Waals surface area contributed by atoms with Crippen LogP contribution in [0.15, 0.2) is 10.8 Å². The Hall–Kier alpha value is -0.880. The number of anilines is 2. The van der Waals surface area contributed by atoms with Crippen LogP contribution in [0.25, 0.3) is 0 Å². The van der Waals surface area contributed by atoms with Crippen LogP contribution >= 0.6 is 15.9 Å². The van der Waals surface area contributed by atoms with Crippen molar-refractivity contribution in [1.82, 2.24) is 9.97 Å². The number of aromatic nitrogens is 2. The van der Waals surface area contributed by atoms with E-state index in [1.807, 2.05) is 0 Å². The molecule has 6 heteroatoms. The number of rotatable bonds is 4. The predicted octanol–water partition coefficient (Wildman–Crippen LogP) is 2.54. The maximum atomic E-state index is 5.42. The van der Waals surface area contributed by atoms with E-state index in [9.17, 15) is 0 Å². The van der Waals surface area contributed by atoms with Gasteiger partial charge in [0.15, 0.2) is 5.82 Å². The smallest absolute Gasteiger partial charge is 0.159 e. The van der Waals surface area contributed by atoms with Gasteiger partial charge < -0.3 is 10.3 Å². The fraction of sp³-hybridized carbons (Fsp3) is 0.667. The minimum Gasteiger partial charge on any atom is -0.355 e. The van der Waals surface area contributed by atoms with Gasteiger partial charge in [-0.25, -0.2) is 15.8 Å². The molecule has 1 aliphatic rings. The molecule has 2 rings (SSSR count). The topological polar surface area (TPSA) is 67.1 Å². The lowest BCUT2D eigenvalue weighted by molar-refractivity contribution is 0.377. The summed E-state index contributed by atoms with van der Waals surface area (Å²) >= 11 is 3.51. The molecule has 18 heavy (non-hydrogen) atoms. The third-order valence-electron chi connectivity index (χ3n) is 3.52. The maximum absolute atomic E-state index is 5.42. The Balaban J connectivity index is 2.05. The van der Waals surface area contributed by atoms with Gasteiger partial charge in [-0.1, -0.05) is 19.8 Å². The molecule has 0 unspecified atom stereocenters. The van der Waals surface area contributed by atoms with Crippen LogP contribution in [0.4, 0.5) is 11.6 Å². The molecule has 1 aliphatic heterocycles. The molecule has 1 aromatic heterocycles. The molecule has 3 N–H and O–H groups in total. The third-order valence-corrected chi connectivity index (χ3v) is 4.25. The lowest BCUT2D eigenvalue weighted by Gasteiger charge is -2.33. The van der Waals surface area contributed by atoms with Crippen LogP contribution in [0.5, 0.6) is 0 Å². The predicted molar refractivity (Wildman–Crippen MR) is 77.4 cm³/mol. The van der Waals surface area contributed by atoms with E-state index < -0.39 is 0 Å². The van der Waals surface area contributed by atoms with Crippen molar-refractivity contribution in [2.24, 2.45) is 11.8 Å². The van der Waals surface area contributed by atoms with Crippen LogP contribution in [-0.2, 0) is 0 Å². The van der Waals surface area contributed by atoms with Crippen LogP contribution < -0.4 is 16.2 Å². The number of nitrogens with one attached hydrogen (secondary N) is 1. The molecule has 1 fully saturated rings. The van der Waals surface area contributed by atoms with Crippen LogP contribution in [0.2, 0.25) is 0 Å². The Bertz CT molecular complexity index is 390. The molecule has 5 nitrogen and oxygen atoms in total. The van der Waals surface area contributed by atoms with Crippen LogP contribution in [0, 0.1) is 5.92 Å². The number of nitrogens with two attached hydrogens (primary N) is 1. The van der Waals surface area contributed by atoms with Crippen LogP contribution in [0.3, 0.4) is 0 Å². The van der Waals surface area contributed by atoms with E-state index >= 15 is 0 Å². The molecular weight excluding hydrogens is 294 g/mol. The first kappa shape index (κ1) is 13.5. The zero-order chi connectivity index (χ0) is 13.0. The molecule has 0 atom stereocenters. The molecule has 0 radical (unpaired) electrons. The van der Waals surface area contributed by atoms with Gasteiger partial charge in [-0.2, -0.15) is 0 Å². The fourth-order valence-electron chi connectivity index (χ4n) is 2.52. The van der Waals surface area contributed by atoms with Gasteiger partial charge >= 0.3 is 0 Å². The summed E-state index contributed by atoms with van der Waals surface area (Å²) in [5.74, 6) is 7.87. The Kier molecular flexibility index (Phi) is 4.77. The maximum Gasteiger partial charge on any atom is 0.159 e. The van der Waals surface area contributed by atoms with Crippen LogP contribution in [-0.4, -0.2) is 23.1 Å². The highest BCUT2D eigenvalue weighted by molar-refractivity contribution is 9.10. The number of hydrogen-bond donors (Lipinski definition) is 2. The van der Waals surface area contributed by atoms with Crippen molar-refractivity contribution in [2.45, 2.75) is 32.6 Å². The van der Waals surface area contributed by atoms with Gasteiger partial charge in [0.2, 0.25) is 0 Å². The van der Waals surface area contributed by atoms with Gasteiger partial charge in [0.1, 0.15) is 16.6 Å². The quantitative estimate of drug-likeness (QED) is 0.660. The number of hydrogen-bond acceptors (Lipinski definition) is 5. The van der Waals surface area contributed by atoms with Gasteiger partial charge in [0.05, 0.1) is 0 Å². The van der Waals surface area contributed by atoms with E-state index in [1.54, 1.807) is 6.33 Å². The van der Waals surface area contributed by atoms with E-state index in [0.717, 1.165) is 29.3 Å². The molecule has 1 aromatic rings. The summed E-state index contributed by atoms with van der Waals surface area (Å²) < 4.78 is 0.849. The molecule has 0 amide bonds. The Morgan fingerprint density at radius 3 is 2.78 bits per heavy atom. The number of halogens is 1. The molecule has 0 saturated carbocycles. The van der Waals surface area contributed by atoms with Gasteiger partial charge in [0, 0.05) is 13.1 Å². The third kappa shape index (κ3) is 2.92. The molecule has 2 heterocycles. The summed E-state index contributed by atoms with van der Waals surface area (Å²) in [6.07, 6.45) is 6.66. The average molecular weight is 314 g/mol. The van der Waals surface area contributed by atoms with E-state index in [-0.39, 0.29) is 0 Å². The largest absolute Gasteiger partial charge is 0.355 e. The van der Waals surface area contributed by atoms with Gasteiger partial charge in [-0.3, -0.25) is 0 Å². The molecule has 0 aromatic carbocycles. The number of nitrogen functional groups attached to an aromatic ring is 1. The Morgan fingerprint density at radius 1 is 1.44 bits per heavy atom. The number of hydrazine groups is 1. The van der Waals surface area contributed by atoms with Crippen molar-refractivity contribution in [3.8, 4) is 0 Å². The molecule has 0 aliphatic carbocycles.